The summed E-state index contributed by atoms with van der Waals surface area (Å²) in [5.74, 6) is 0.733. The van der Waals surface area contributed by atoms with E-state index in [1.807, 2.05) is 4.57 Å². The molecule has 2 aliphatic rings. The van der Waals surface area contributed by atoms with Crippen LogP contribution in [0.4, 0.5) is 5.82 Å². The maximum absolute atomic E-state index is 9.63. The van der Waals surface area contributed by atoms with Gasteiger partial charge in [-0.05, 0) is 38.5 Å². The van der Waals surface area contributed by atoms with Crippen molar-refractivity contribution in [2.45, 2.75) is 63.0 Å². The number of aliphatic hydroxyl groups excluding tert-OH is 2. The Morgan fingerprint density at radius 3 is 2.71 bits per heavy atom. The van der Waals surface area contributed by atoms with Gasteiger partial charge in [0.1, 0.15) is 12.6 Å². The standard InChI is InChI=1S/C16H23N5O3/c22-7-12-5-6-13(24-12)21-9-19-14-15(17-8-18-16(14)21)20-10-1-3-11(23)4-2-10/h8-13,22-23H,1-7H2,(H,17,18,20)/t10?,11?,12-,13-/m1/s1. The van der Waals surface area contributed by atoms with Crippen LogP contribution in [0.5, 0.6) is 0 Å². The lowest BCUT2D eigenvalue weighted by Gasteiger charge is -2.26. The summed E-state index contributed by atoms with van der Waals surface area (Å²) in [7, 11) is 0. The van der Waals surface area contributed by atoms with Gasteiger partial charge in [-0.3, -0.25) is 4.57 Å². The SMILES string of the molecule is OC[C@H]1CC[C@H](n2cnc3c(NC4CCC(O)CC4)ncnc32)O1. The molecule has 1 aliphatic heterocycles. The van der Waals surface area contributed by atoms with Crippen LogP contribution in [0.3, 0.4) is 0 Å². The Balaban J connectivity index is 1.55. The first-order valence-electron chi connectivity index (χ1n) is 8.63. The van der Waals surface area contributed by atoms with Crippen LogP contribution in [0.15, 0.2) is 12.7 Å². The number of aliphatic hydroxyl groups is 2. The topological polar surface area (TPSA) is 105 Å². The van der Waals surface area contributed by atoms with Gasteiger partial charge in [0.25, 0.3) is 0 Å². The lowest BCUT2D eigenvalue weighted by molar-refractivity contribution is -0.0207. The maximum atomic E-state index is 9.63. The minimum atomic E-state index is -0.174. The molecular formula is C16H23N5O3. The van der Waals surface area contributed by atoms with E-state index in [1.54, 1.807) is 12.7 Å². The van der Waals surface area contributed by atoms with Gasteiger partial charge in [0.05, 0.1) is 25.1 Å². The molecule has 1 saturated heterocycles. The zero-order valence-electron chi connectivity index (χ0n) is 13.5. The number of nitrogens with one attached hydrogen (secondary N) is 1. The number of hydrogen-bond acceptors (Lipinski definition) is 7. The molecule has 2 aromatic heterocycles. The Labute approximate surface area is 139 Å². The molecule has 0 bridgehead atoms. The van der Waals surface area contributed by atoms with Crippen molar-refractivity contribution in [3.63, 3.8) is 0 Å². The van der Waals surface area contributed by atoms with E-state index in [0.29, 0.717) is 6.04 Å². The summed E-state index contributed by atoms with van der Waals surface area (Å²) >= 11 is 0. The molecular weight excluding hydrogens is 310 g/mol. The second-order valence-corrected chi connectivity index (χ2v) is 6.67. The van der Waals surface area contributed by atoms with Crippen LogP contribution in [0.1, 0.15) is 44.8 Å². The number of ether oxygens (including phenoxy) is 1. The summed E-state index contributed by atoms with van der Waals surface area (Å²) in [6.07, 6.45) is 8.02. The monoisotopic (exact) mass is 333 g/mol. The number of hydrogen-bond donors (Lipinski definition) is 3. The van der Waals surface area contributed by atoms with Gasteiger partial charge in [-0.2, -0.15) is 0 Å². The fourth-order valence-electron chi connectivity index (χ4n) is 3.61. The fraction of sp³-hybridized carbons (Fsp3) is 0.688. The van der Waals surface area contributed by atoms with Gasteiger partial charge in [0.2, 0.25) is 0 Å². The highest BCUT2D eigenvalue weighted by molar-refractivity contribution is 5.82. The first-order valence-corrected chi connectivity index (χ1v) is 8.63. The van der Waals surface area contributed by atoms with E-state index in [4.69, 9.17) is 4.74 Å². The quantitative estimate of drug-likeness (QED) is 0.772. The second-order valence-electron chi connectivity index (χ2n) is 6.67. The predicted octanol–water partition coefficient (Wildman–Crippen LogP) is 1.21. The normalized spacial score (nSPS) is 30.8. The van der Waals surface area contributed by atoms with Gasteiger partial charge in [-0.25, -0.2) is 15.0 Å². The van der Waals surface area contributed by atoms with Gasteiger partial charge in [0.15, 0.2) is 17.0 Å². The molecule has 4 rings (SSSR count). The highest BCUT2D eigenvalue weighted by atomic mass is 16.5. The van der Waals surface area contributed by atoms with E-state index in [0.717, 1.165) is 55.5 Å². The predicted molar refractivity (Wildman–Crippen MR) is 87.4 cm³/mol. The zero-order chi connectivity index (χ0) is 16.5. The van der Waals surface area contributed by atoms with E-state index < -0.39 is 0 Å². The summed E-state index contributed by atoms with van der Waals surface area (Å²) in [6.45, 7) is 0.0401. The molecule has 1 saturated carbocycles. The minimum Gasteiger partial charge on any atom is -0.394 e. The van der Waals surface area contributed by atoms with E-state index >= 15 is 0 Å². The van der Waals surface area contributed by atoms with Crippen molar-refractivity contribution in [1.82, 2.24) is 19.5 Å². The van der Waals surface area contributed by atoms with Gasteiger partial charge < -0.3 is 20.3 Å². The minimum absolute atomic E-state index is 0.0401. The Morgan fingerprint density at radius 2 is 1.96 bits per heavy atom. The molecule has 8 heteroatoms. The molecule has 0 aromatic carbocycles. The van der Waals surface area contributed by atoms with Crippen LogP contribution in [-0.4, -0.2) is 54.6 Å². The zero-order valence-corrected chi connectivity index (χ0v) is 13.5. The molecule has 3 heterocycles. The molecule has 130 valence electrons. The van der Waals surface area contributed by atoms with Crippen LogP contribution in [0.2, 0.25) is 0 Å². The van der Waals surface area contributed by atoms with Crippen LogP contribution >= 0.6 is 0 Å². The molecule has 0 spiro atoms. The van der Waals surface area contributed by atoms with Crippen LogP contribution in [0.25, 0.3) is 11.2 Å². The van der Waals surface area contributed by atoms with Gasteiger partial charge in [-0.1, -0.05) is 0 Å². The first kappa shape index (κ1) is 15.7. The lowest BCUT2D eigenvalue weighted by atomic mass is 9.93. The third kappa shape index (κ3) is 2.97. The van der Waals surface area contributed by atoms with Crippen molar-refractivity contribution in [3.8, 4) is 0 Å². The van der Waals surface area contributed by atoms with Crippen molar-refractivity contribution in [2.24, 2.45) is 0 Å². The average Bonchev–Trinajstić information content (AvgIpc) is 3.23. The molecule has 0 radical (unpaired) electrons. The molecule has 2 atom stereocenters. The van der Waals surface area contributed by atoms with Crippen molar-refractivity contribution in [1.29, 1.82) is 0 Å². The Bertz CT molecular complexity index is 698. The fourth-order valence-corrected chi connectivity index (χ4v) is 3.61. The first-order chi connectivity index (χ1) is 11.7. The molecule has 0 unspecified atom stereocenters. The molecule has 0 amide bonds. The van der Waals surface area contributed by atoms with Gasteiger partial charge in [0, 0.05) is 6.04 Å². The smallest absolute Gasteiger partial charge is 0.167 e. The summed E-state index contributed by atoms with van der Waals surface area (Å²) in [4.78, 5) is 13.2. The van der Waals surface area contributed by atoms with Crippen LogP contribution in [-0.2, 0) is 4.74 Å². The highest BCUT2D eigenvalue weighted by Crippen LogP contribution is 2.31. The van der Waals surface area contributed by atoms with Crippen molar-refractivity contribution >= 4 is 17.0 Å². The molecule has 3 N–H and O–H groups in total. The van der Waals surface area contributed by atoms with E-state index in [1.165, 1.54) is 0 Å². The van der Waals surface area contributed by atoms with Crippen molar-refractivity contribution in [2.75, 3.05) is 11.9 Å². The molecule has 2 aromatic rings. The van der Waals surface area contributed by atoms with E-state index in [2.05, 4.69) is 20.3 Å². The molecule has 2 fully saturated rings. The van der Waals surface area contributed by atoms with Crippen LogP contribution in [0, 0.1) is 0 Å². The number of aromatic nitrogens is 4. The summed E-state index contributed by atoms with van der Waals surface area (Å²) < 4.78 is 7.75. The largest absolute Gasteiger partial charge is 0.394 e. The third-order valence-electron chi connectivity index (χ3n) is 5.00. The summed E-state index contributed by atoms with van der Waals surface area (Å²) in [5, 5.41) is 22.3. The Kier molecular flexibility index (Phi) is 4.34. The van der Waals surface area contributed by atoms with E-state index in [-0.39, 0.29) is 25.0 Å². The third-order valence-corrected chi connectivity index (χ3v) is 5.00. The van der Waals surface area contributed by atoms with Crippen molar-refractivity contribution < 1.29 is 14.9 Å². The van der Waals surface area contributed by atoms with E-state index in [9.17, 15) is 10.2 Å². The van der Waals surface area contributed by atoms with Crippen molar-refractivity contribution in [3.05, 3.63) is 12.7 Å². The number of nitrogens with zero attached hydrogens (tertiary/aromatic N) is 4. The average molecular weight is 333 g/mol. The van der Waals surface area contributed by atoms with Gasteiger partial charge >= 0.3 is 0 Å². The second kappa shape index (κ2) is 6.62. The number of anilines is 1. The summed E-state index contributed by atoms with van der Waals surface area (Å²) in [6, 6.07) is 0.304. The number of imidazole rings is 1. The highest BCUT2D eigenvalue weighted by Gasteiger charge is 2.28. The number of rotatable bonds is 4. The molecule has 24 heavy (non-hydrogen) atoms. The molecule has 8 nitrogen and oxygen atoms in total. The lowest BCUT2D eigenvalue weighted by Crippen LogP contribution is -2.28. The number of fused-ring (bicyclic) bond motifs is 1. The molecule has 1 aliphatic carbocycles. The Hall–Kier alpha value is -1.77. The van der Waals surface area contributed by atoms with Crippen LogP contribution < -0.4 is 5.32 Å². The summed E-state index contributed by atoms with van der Waals surface area (Å²) in [5.41, 5.74) is 1.48. The Morgan fingerprint density at radius 1 is 1.12 bits per heavy atom. The maximum Gasteiger partial charge on any atom is 0.167 e. The van der Waals surface area contributed by atoms with Gasteiger partial charge in [-0.15, -0.1) is 0 Å².